The van der Waals surface area contributed by atoms with Gasteiger partial charge in [0.25, 0.3) is 0 Å². The zero-order chi connectivity index (χ0) is 19.0. The molecule has 0 bridgehead atoms. The number of hydrogen-bond acceptors (Lipinski definition) is 4. The Morgan fingerprint density at radius 3 is 2.48 bits per heavy atom. The fraction of sp³-hybridized carbons (Fsp3) is 0.579. The smallest absolute Gasteiger partial charge is 0.243 e. The molecule has 0 radical (unpaired) electrons. The number of carbonyl (C=O) groups excluding carboxylic acids is 2. The second kappa shape index (κ2) is 7.24. The molecule has 0 spiro atoms. The monoisotopic (exact) mass is 391 g/mol. The summed E-state index contributed by atoms with van der Waals surface area (Å²) in [4.78, 5) is 28.9. The van der Waals surface area contributed by atoms with Crippen LogP contribution >= 0.6 is 0 Å². The molecule has 3 fully saturated rings. The summed E-state index contributed by atoms with van der Waals surface area (Å²) in [5.41, 5.74) is 0. The highest BCUT2D eigenvalue weighted by molar-refractivity contribution is 7.89. The molecule has 0 aliphatic carbocycles. The van der Waals surface area contributed by atoms with Crippen molar-refractivity contribution in [2.24, 2.45) is 0 Å². The average molecular weight is 391 g/mol. The van der Waals surface area contributed by atoms with Gasteiger partial charge in [0.15, 0.2) is 0 Å². The molecule has 2 amide bonds. The van der Waals surface area contributed by atoms with E-state index in [0.29, 0.717) is 38.9 Å². The number of benzene rings is 1. The van der Waals surface area contributed by atoms with Gasteiger partial charge < -0.3 is 9.80 Å². The van der Waals surface area contributed by atoms with Crippen LogP contribution in [0, 0.1) is 0 Å². The predicted molar refractivity (Wildman–Crippen MR) is 99.3 cm³/mol. The van der Waals surface area contributed by atoms with E-state index in [0.717, 1.165) is 19.4 Å². The Bertz CT molecular complexity index is 827. The number of amides is 2. The van der Waals surface area contributed by atoms with Gasteiger partial charge in [0.05, 0.1) is 10.9 Å². The third-order valence-corrected chi connectivity index (χ3v) is 7.79. The first kappa shape index (κ1) is 18.4. The number of rotatable bonds is 4. The van der Waals surface area contributed by atoms with E-state index in [4.69, 9.17) is 0 Å². The summed E-state index contributed by atoms with van der Waals surface area (Å²) in [6.45, 7) is 2.24. The largest absolute Gasteiger partial charge is 0.339 e. The van der Waals surface area contributed by atoms with E-state index in [-0.39, 0.29) is 22.8 Å². The first-order chi connectivity index (χ1) is 13.0. The molecule has 1 aromatic carbocycles. The van der Waals surface area contributed by atoms with Gasteiger partial charge in [-0.25, -0.2) is 8.42 Å². The zero-order valence-corrected chi connectivity index (χ0v) is 16.1. The fourth-order valence-electron chi connectivity index (χ4n) is 4.46. The minimum Gasteiger partial charge on any atom is -0.339 e. The lowest BCUT2D eigenvalue weighted by Crippen LogP contribution is -2.48. The first-order valence-electron chi connectivity index (χ1n) is 9.63. The molecule has 7 nitrogen and oxygen atoms in total. The molecule has 27 heavy (non-hydrogen) atoms. The molecule has 3 heterocycles. The van der Waals surface area contributed by atoms with Gasteiger partial charge in [0, 0.05) is 32.6 Å². The normalized spacial score (nSPS) is 26.9. The molecular weight excluding hydrogens is 366 g/mol. The van der Waals surface area contributed by atoms with Gasteiger partial charge >= 0.3 is 0 Å². The first-order valence-corrected chi connectivity index (χ1v) is 11.1. The zero-order valence-electron chi connectivity index (χ0n) is 15.3. The number of hydrogen-bond donors (Lipinski definition) is 0. The molecule has 146 valence electrons. The van der Waals surface area contributed by atoms with Crippen molar-refractivity contribution < 1.29 is 18.0 Å². The summed E-state index contributed by atoms with van der Waals surface area (Å²) >= 11 is 0. The standard InChI is InChI=1S/C19H25N3O4S/c23-18-9-5-11-21(18)15-10-13-20(14-15)19(24)17-8-4-12-22(17)27(25,26)16-6-2-1-3-7-16/h1-3,6-7,15,17H,4-5,8-14H2/t15?,17-/m1/s1. The lowest BCUT2D eigenvalue weighted by Gasteiger charge is -2.28. The van der Waals surface area contributed by atoms with Gasteiger partial charge in [-0.15, -0.1) is 0 Å². The fourth-order valence-corrected chi connectivity index (χ4v) is 6.14. The van der Waals surface area contributed by atoms with Crippen LogP contribution in [0.2, 0.25) is 0 Å². The molecule has 1 aromatic rings. The number of sulfonamides is 1. The maximum atomic E-state index is 13.1. The Kier molecular flexibility index (Phi) is 4.94. The van der Waals surface area contributed by atoms with E-state index in [9.17, 15) is 18.0 Å². The lowest BCUT2D eigenvalue weighted by atomic mass is 10.2. The Morgan fingerprint density at radius 2 is 1.78 bits per heavy atom. The SMILES string of the molecule is O=C([C@H]1CCCN1S(=O)(=O)c1ccccc1)N1CCC(N2CCCC2=O)C1. The molecule has 4 rings (SSSR count). The highest BCUT2D eigenvalue weighted by Crippen LogP contribution is 2.29. The summed E-state index contributed by atoms with van der Waals surface area (Å²) in [7, 11) is -3.68. The van der Waals surface area contributed by atoms with Crippen molar-refractivity contribution in [3.8, 4) is 0 Å². The molecule has 3 aliphatic heterocycles. The van der Waals surface area contributed by atoms with Crippen molar-refractivity contribution in [3.05, 3.63) is 30.3 Å². The van der Waals surface area contributed by atoms with Crippen molar-refractivity contribution in [2.75, 3.05) is 26.2 Å². The van der Waals surface area contributed by atoms with Crippen LogP contribution in [0.1, 0.15) is 32.1 Å². The maximum absolute atomic E-state index is 13.1. The quantitative estimate of drug-likeness (QED) is 0.769. The molecule has 3 saturated heterocycles. The highest BCUT2D eigenvalue weighted by atomic mass is 32.2. The van der Waals surface area contributed by atoms with Gasteiger partial charge in [-0.1, -0.05) is 18.2 Å². The van der Waals surface area contributed by atoms with Gasteiger partial charge in [0.2, 0.25) is 21.8 Å². The van der Waals surface area contributed by atoms with Crippen LogP contribution in [-0.4, -0.2) is 72.6 Å². The van der Waals surface area contributed by atoms with Crippen LogP contribution in [-0.2, 0) is 19.6 Å². The van der Waals surface area contributed by atoms with Crippen molar-refractivity contribution in [1.82, 2.24) is 14.1 Å². The summed E-state index contributed by atoms with van der Waals surface area (Å²) < 4.78 is 27.3. The molecular formula is C19H25N3O4S. The highest BCUT2D eigenvalue weighted by Gasteiger charge is 2.43. The molecule has 0 aromatic heterocycles. The predicted octanol–water partition coefficient (Wildman–Crippen LogP) is 1.06. The average Bonchev–Trinajstić information content (AvgIpc) is 3.42. The van der Waals surface area contributed by atoms with Gasteiger partial charge in [0.1, 0.15) is 6.04 Å². The van der Waals surface area contributed by atoms with E-state index in [1.165, 1.54) is 4.31 Å². The number of likely N-dealkylation sites (tertiary alicyclic amines) is 2. The minimum absolute atomic E-state index is 0.0736. The van der Waals surface area contributed by atoms with Crippen molar-refractivity contribution in [1.29, 1.82) is 0 Å². The Labute approximate surface area is 160 Å². The van der Waals surface area contributed by atoms with Crippen LogP contribution in [0.25, 0.3) is 0 Å². The second-order valence-corrected chi connectivity index (χ2v) is 9.39. The lowest BCUT2D eigenvalue weighted by molar-refractivity contribution is -0.135. The molecule has 0 N–H and O–H groups in total. The van der Waals surface area contributed by atoms with E-state index in [2.05, 4.69) is 0 Å². The topological polar surface area (TPSA) is 78.0 Å². The molecule has 3 aliphatic rings. The second-order valence-electron chi connectivity index (χ2n) is 7.50. The van der Waals surface area contributed by atoms with Crippen molar-refractivity contribution in [3.63, 3.8) is 0 Å². The maximum Gasteiger partial charge on any atom is 0.243 e. The van der Waals surface area contributed by atoms with E-state index in [1.54, 1.807) is 35.2 Å². The van der Waals surface area contributed by atoms with Crippen molar-refractivity contribution in [2.45, 2.75) is 49.1 Å². The summed E-state index contributed by atoms with van der Waals surface area (Å²) in [5.74, 6) is 0.0459. The molecule has 2 atom stereocenters. The summed E-state index contributed by atoms with van der Waals surface area (Å²) in [6, 6.07) is 7.73. The Balaban J connectivity index is 1.48. The van der Waals surface area contributed by atoms with E-state index >= 15 is 0 Å². The third kappa shape index (κ3) is 3.36. The van der Waals surface area contributed by atoms with Gasteiger partial charge in [-0.05, 0) is 37.8 Å². The minimum atomic E-state index is -3.68. The van der Waals surface area contributed by atoms with E-state index < -0.39 is 16.1 Å². The van der Waals surface area contributed by atoms with Crippen molar-refractivity contribution >= 4 is 21.8 Å². The van der Waals surface area contributed by atoms with Gasteiger partial charge in [-0.3, -0.25) is 9.59 Å². The van der Waals surface area contributed by atoms with Crippen LogP contribution in [0.3, 0.4) is 0 Å². The Hall–Kier alpha value is -1.93. The van der Waals surface area contributed by atoms with Crippen LogP contribution in [0.5, 0.6) is 0 Å². The number of carbonyl (C=O) groups is 2. The molecule has 8 heteroatoms. The summed E-state index contributed by atoms with van der Waals surface area (Å²) in [6.07, 6.45) is 3.49. The van der Waals surface area contributed by atoms with Gasteiger partial charge in [-0.2, -0.15) is 4.31 Å². The Morgan fingerprint density at radius 1 is 1.00 bits per heavy atom. The molecule has 1 unspecified atom stereocenters. The number of nitrogens with zero attached hydrogens (tertiary/aromatic N) is 3. The van der Waals surface area contributed by atoms with Crippen LogP contribution in [0.4, 0.5) is 0 Å². The molecule has 0 saturated carbocycles. The summed E-state index contributed by atoms with van der Waals surface area (Å²) in [5, 5.41) is 0. The van der Waals surface area contributed by atoms with Crippen LogP contribution in [0.15, 0.2) is 35.2 Å². The third-order valence-electron chi connectivity index (χ3n) is 5.86. The van der Waals surface area contributed by atoms with Crippen LogP contribution < -0.4 is 0 Å². The van der Waals surface area contributed by atoms with E-state index in [1.807, 2.05) is 4.90 Å².